The molecule has 1 heterocycles. The number of aromatic nitrogens is 2. The molecule has 0 bridgehead atoms. The Morgan fingerprint density at radius 2 is 2.24 bits per heavy atom. The summed E-state index contributed by atoms with van der Waals surface area (Å²) in [6.07, 6.45) is 1.83. The summed E-state index contributed by atoms with van der Waals surface area (Å²) in [6, 6.07) is 6.11. The molecule has 0 spiro atoms. The van der Waals surface area contributed by atoms with E-state index in [1.54, 1.807) is 0 Å². The Balaban J connectivity index is 2.24. The molecule has 5 heteroatoms. The van der Waals surface area contributed by atoms with Gasteiger partial charge in [-0.15, -0.1) is 0 Å². The zero-order valence-corrected chi connectivity index (χ0v) is 11.8. The lowest BCUT2D eigenvalue weighted by atomic mass is 10.1. The highest BCUT2D eigenvalue weighted by Crippen LogP contribution is 2.20. The topological polar surface area (TPSA) is 43.8 Å². The number of hydrogen-bond acceptors (Lipinski definition) is 2. The van der Waals surface area contributed by atoms with Gasteiger partial charge in [-0.1, -0.05) is 39.7 Å². The van der Waals surface area contributed by atoms with Gasteiger partial charge in [-0.25, -0.2) is 0 Å². The second-order valence-corrected chi connectivity index (χ2v) is 5.15. The van der Waals surface area contributed by atoms with Gasteiger partial charge in [0, 0.05) is 17.2 Å². The van der Waals surface area contributed by atoms with Crippen LogP contribution in [0.4, 0.5) is 0 Å². The molecule has 2 rings (SSSR count). The molecule has 90 valence electrons. The maximum atomic E-state index is 5.97. The number of hydrogen-bond donors (Lipinski definition) is 1. The Labute approximate surface area is 114 Å². The molecule has 0 atom stereocenters. The molecule has 0 fully saturated rings. The molecule has 0 unspecified atom stereocenters. The van der Waals surface area contributed by atoms with Crippen LogP contribution in [0.5, 0.6) is 0 Å². The minimum Gasteiger partial charge on any atom is -0.326 e. The van der Waals surface area contributed by atoms with E-state index in [0.717, 1.165) is 21.3 Å². The Kier molecular flexibility index (Phi) is 3.86. The maximum absolute atomic E-state index is 5.97. The highest BCUT2D eigenvalue weighted by molar-refractivity contribution is 9.10. The third-order valence-corrected chi connectivity index (χ3v) is 3.68. The molecule has 0 amide bonds. The van der Waals surface area contributed by atoms with Crippen molar-refractivity contribution in [2.75, 3.05) is 0 Å². The summed E-state index contributed by atoms with van der Waals surface area (Å²) in [5.41, 5.74) is 8.70. The molecule has 0 radical (unpaired) electrons. The summed E-state index contributed by atoms with van der Waals surface area (Å²) in [6.45, 7) is 3.13. The van der Waals surface area contributed by atoms with Gasteiger partial charge in [0.2, 0.25) is 0 Å². The third kappa shape index (κ3) is 2.89. The van der Waals surface area contributed by atoms with Crippen LogP contribution in [0, 0.1) is 6.92 Å². The molecule has 2 aromatic rings. The van der Waals surface area contributed by atoms with Crippen LogP contribution in [0.2, 0.25) is 5.02 Å². The summed E-state index contributed by atoms with van der Waals surface area (Å²) in [5, 5.41) is 5.02. The molecule has 3 nitrogen and oxygen atoms in total. The van der Waals surface area contributed by atoms with Crippen molar-refractivity contribution in [1.82, 2.24) is 9.78 Å². The lowest BCUT2D eigenvalue weighted by molar-refractivity contribution is 0.677. The Morgan fingerprint density at radius 3 is 2.76 bits per heavy atom. The van der Waals surface area contributed by atoms with Gasteiger partial charge in [0.05, 0.1) is 17.3 Å². The molecule has 0 aliphatic rings. The van der Waals surface area contributed by atoms with Gasteiger partial charge < -0.3 is 5.73 Å². The van der Waals surface area contributed by atoms with Crippen LogP contribution in [0.15, 0.2) is 28.9 Å². The van der Waals surface area contributed by atoms with Crippen LogP contribution >= 0.6 is 27.5 Å². The first-order chi connectivity index (χ1) is 8.10. The van der Waals surface area contributed by atoms with Crippen LogP contribution in [0.1, 0.15) is 16.8 Å². The molecule has 0 saturated carbocycles. The Hall–Kier alpha value is -0.840. The van der Waals surface area contributed by atoms with Crippen LogP contribution < -0.4 is 5.73 Å². The smallest absolute Gasteiger partial charge is 0.0815 e. The molecule has 1 aromatic heterocycles. The number of halogens is 2. The quantitative estimate of drug-likeness (QED) is 0.946. The van der Waals surface area contributed by atoms with Gasteiger partial charge in [-0.05, 0) is 24.1 Å². The molecular weight excluding hydrogens is 302 g/mol. The average Bonchev–Trinajstić information content (AvgIpc) is 2.61. The van der Waals surface area contributed by atoms with Crippen molar-refractivity contribution in [2.24, 2.45) is 5.73 Å². The van der Waals surface area contributed by atoms with E-state index in [1.165, 1.54) is 0 Å². The monoisotopic (exact) mass is 313 g/mol. The maximum Gasteiger partial charge on any atom is 0.0815 e. The predicted octanol–water partition coefficient (Wildman–Crippen LogP) is 3.11. The summed E-state index contributed by atoms with van der Waals surface area (Å²) in [5.74, 6) is 0. The first kappa shape index (κ1) is 12.6. The van der Waals surface area contributed by atoms with E-state index in [1.807, 2.05) is 29.9 Å². The van der Waals surface area contributed by atoms with Gasteiger partial charge in [0.25, 0.3) is 0 Å². The van der Waals surface area contributed by atoms with Gasteiger partial charge in [-0.2, -0.15) is 5.10 Å². The molecule has 0 aliphatic heterocycles. The Bertz CT molecular complexity index is 517. The summed E-state index contributed by atoms with van der Waals surface area (Å²) in [7, 11) is 0. The van der Waals surface area contributed by atoms with Crippen molar-refractivity contribution in [3.8, 4) is 0 Å². The fraction of sp³-hybridized carbons (Fsp3) is 0.250. The largest absolute Gasteiger partial charge is 0.326 e. The third-order valence-electron chi connectivity index (χ3n) is 2.57. The minimum absolute atomic E-state index is 0.547. The zero-order valence-electron chi connectivity index (χ0n) is 9.45. The van der Waals surface area contributed by atoms with Crippen LogP contribution in [-0.4, -0.2) is 9.78 Å². The molecule has 2 N–H and O–H groups in total. The number of rotatable bonds is 3. The van der Waals surface area contributed by atoms with E-state index in [0.29, 0.717) is 18.1 Å². The van der Waals surface area contributed by atoms with Crippen molar-refractivity contribution in [2.45, 2.75) is 20.0 Å². The summed E-state index contributed by atoms with van der Waals surface area (Å²) in [4.78, 5) is 0. The molecule has 1 aromatic carbocycles. The Morgan fingerprint density at radius 1 is 1.47 bits per heavy atom. The van der Waals surface area contributed by atoms with Crippen LogP contribution in [-0.2, 0) is 13.1 Å². The fourth-order valence-corrected chi connectivity index (χ4v) is 2.30. The lowest BCUT2D eigenvalue weighted by Gasteiger charge is -2.06. The van der Waals surface area contributed by atoms with E-state index in [9.17, 15) is 0 Å². The van der Waals surface area contributed by atoms with Gasteiger partial charge in [0.1, 0.15) is 0 Å². The number of nitrogens with zero attached hydrogens (tertiary/aromatic N) is 2. The minimum atomic E-state index is 0.547. The number of nitrogens with two attached hydrogens (primary N) is 1. The summed E-state index contributed by atoms with van der Waals surface area (Å²) >= 11 is 9.51. The van der Waals surface area contributed by atoms with E-state index in [4.69, 9.17) is 17.3 Å². The van der Waals surface area contributed by atoms with Crippen LogP contribution in [0.3, 0.4) is 0 Å². The fourth-order valence-electron chi connectivity index (χ4n) is 1.60. The number of benzene rings is 1. The highest BCUT2D eigenvalue weighted by atomic mass is 79.9. The van der Waals surface area contributed by atoms with Crippen molar-refractivity contribution >= 4 is 27.5 Å². The molecule has 0 saturated heterocycles. The van der Waals surface area contributed by atoms with Crippen molar-refractivity contribution in [3.05, 3.63) is 50.7 Å². The zero-order chi connectivity index (χ0) is 12.4. The first-order valence-corrected chi connectivity index (χ1v) is 6.44. The van der Waals surface area contributed by atoms with E-state index >= 15 is 0 Å². The standard InChI is InChI=1S/C12H13BrClN3/c1-8-12(14)7-17(16-8)6-10-3-2-9(5-15)4-11(10)13/h2-4,7H,5-6,15H2,1H3. The molecular formula is C12H13BrClN3. The summed E-state index contributed by atoms with van der Waals surface area (Å²) < 4.78 is 2.88. The molecule has 0 aliphatic carbocycles. The van der Waals surface area contributed by atoms with Crippen molar-refractivity contribution in [3.63, 3.8) is 0 Å². The average molecular weight is 315 g/mol. The first-order valence-electron chi connectivity index (χ1n) is 5.27. The van der Waals surface area contributed by atoms with E-state index in [2.05, 4.69) is 27.1 Å². The van der Waals surface area contributed by atoms with Gasteiger partial charge in [0.15, 0.2) is 0 Å². The SMILES string of the molecule is Cc1nn(Cc2ccc(CN)cc2Br)cc1Cl. The van der Waals surface area contributed by atoms with E-state index in [-0.39, 0.29) is 0 Å². The molecule has 17 heavy (non-hydrogen) atoms. The lowest BCUT2D eigenvalue weighted by Crippen LogP contribution is -2.03. The normalized spacial score (nSPS) is 10.8. The predicted molar refractivity (Wildman–Crippen MR) is 73.1 cm³/mol. The second-order valence-electron chi connectivity index (χ2n) is 3.89. The van der Waals surface area contributed by atoms with Crippen molar-refractivity contribution in [1.29, 1.82) is 0 Å². The van der Waals surface area contributed by atoms with Gasteiger partial charge >= 0.3 is 0 Å². The van der Waals surface area contributed by atoms with E-state index < -0.39 is 0 Å². The van der Waals surface area contributed by atoms with Crippen molar-refractivity contribution < 1.29 is 0 Å². The highest BCUT2D eigenvalue weighted by Gasteiger charge is 2.05. The number of aryl methyl sites for hydroxylation is 1. The second kappa shape index (κ2) is 5.21. The van der Waals surface area contributed by atoms with Gasteiger partial charge in [-0.3, -0.25) is 4.68 Å². The van der Waals surface area contributed by atoms with Crippen LogP contribution in [0.25, 0.3) is 0 Å².